The topological polar surface area (TPSA) is 50.8 Å². The minimum absolute atomic E-state index is 0.0300. The third-order valence-electron chi connectivity index (χ3n) is 4.92. The van der Waals surface area contributed by atoms with Crippen molar-refractivity contribution in [2.75, 3.05) is 33.9 Å². The number of halogens is 1. The van der Waals surface area contributed by atoms with E-state index in [9.17, 15) is 4.79 Å². The van der Waals surface area contributed by atoms with Gasteiger partial charge in [0.1, 0.15) is 12.4 Å². The Morgan fingerprint density at radius 3 is 2.71 bits per heavy atom. The third-order valence-corrected chi connectivity index (χ3v) is 5.27. The third kappa shape index (κ3) is 5.25. The summed E-state index contributed by atoms with van der Waals surface area (Å²) in [4.78, 5) is 14.9. The highest BCUT2D eigenvalue weighted by Gasteiger charge is 2.21. The van der Waals surface area contributed by atoms with E-state index in [0.29, 0.717) is 29.5 Å². The van der Waals surface area contributed by atoms with Crippen LogP contribution < -0.4 is 10.1 Å². The van der Waals surface area contributed by atoms with E-state index in [0.717, 1.165) is 25.0 Å². The van der Waals surface area contributed by atoms with Crippen LogP contribution in [0.5, 0.6) is 5.75 Å². The van der Waals surface area contributed by atoms with Crippen LogP contribution in [0.15, 0.2) is 48.5 Å². The number of nitrogens with zero attached hydrogens (tertiary/aromatic N) is 1. The average molecular weight is 403 g/mol. The van der Waals surface area contributed by atoms with Crippen LogP contribution >= 0.6 is 11.6 Å². The Hall–Kier alpha value is -2.08. The zero-order valence-corrected chi connectivity index (χ0v) is 17.1. The number of likely N-dealkylation sites (N-methyl/N-ethyl adjacent to an activating group) is 1. The maximum atomic E-state index is 12.8. The van der Waals surface area contributed by atoms with E-state index in [1.807, 2.05) is 61.5 Å². The first kappa shape index (κ1) is 20.6. The normalized spacial score (nSPS) is 17.5. The molecule has 2 atom stereocenters. The second-order valence-corrected chi connectivity index (χ2v) is 7.56. The average Bonchev–Trinajstić information content (AvgIpc) is 3.21. The number of nitrogens with one attached hydrogen (secondary N) is 1. The Balaban J connectivity index is 1.66. The number of carbonyl (C=O) groups is 1. The largest absolute Gasteiger partial charge is 0.490 e. The molecule has 1 fully saturated rings. The summed E-state index contributed by atoms with van der Waals surface area (Å²) in [5.41, 5.74) is 1.51. The van der Waals surface area contributed by atoms with Crippen molar-refractivity contribution in [1.82, 2.24) is 10.2 Å². The van der Waals surface area contributed by atoms with E-state index in [-0.39, 0.29) is 18.1 Å². The number of ether oxygens (including phenoxy) is 2. The molecule has 28 heavy (non-hydrogen) atoms. The Bertz CT molecular complexity index is 791. The van der Waals surface area contributed by atoms with Crippen LogP contribution in [0.1, 0.15) is 34.8 Å². The van der Waals surface area contributed by atoms with E-state index in [4.69, 9.17) is 21.1 Å². The Morgan fingerprint density at radius 1 is 1.25 bits per heavy atom. The summed E-state index contributed by atoms with van der Waals surface area (Å²) < 4.78 is 11.5. The Morgan fingerprint density at radius 2 is 2.00 bits per heavy atom. The zero-order chi connectivity index (χ0) is 19.9. The molecule has 1 N–H and O–H groups in total. The number of amides is 1. The molecule has 0 aromatic heterocycles. The standard InChI is InChI=1S/C22H27ClN2O3/c1-25(2)20(17-9-3-5-11-19(17)23)14-24-22(26)18-10-4-6-12-21(18)28-15-16-8-7-13-27-16/h3-6,9-12,16,20H,7-8,13-15H2,1-2H3,(H,24,26). The molecule has 0 bridgehead atoms. The molecule has 1 amide bonds. The summed E-state index contributed by atoms with van der Waals surface area (Å²) in [5.74, 6) is 0.413. The number of carbonyl (C=O) groups excluding carboxylic acids is 1. The van der Waals surface area contributed by atoms with E-state index in [1.54, 1.807) is 6.07 Å². The molecule has 0 aliphatic carbocycles. The second-order valence-electron chi connectivity index (χ2n) is 7.15. The Kier molecular flexibility index (Phi) is 7.31. The number of rotatable bonds is 8. The number of hydrogen-bond donors (Lipinski definition) is 1. The molecule has 0 spiro atoms. The van der Waals surface area contributed by atoms with Crippen LogP contribution in [-0.2, 0) is 4.74 Å². The summed E-state index contributed by atoms with van der Waals surface area (Å²) in [6, 6.07) is 15.0. The van der Waals surface area contributed by atoms with Gasteiger partial charge < -0.3 is 19.7 Å². The predicted molar refractivity (Wildman–Crippen MR) is 111 cm³/mol. The predicted octanol–water partition coefficient (Wildman–Crippen LogP) is 3.93. The lowest BCUT2D eigenvalue weighted by molar-refractivity contribution is 0.0670. The van der Waals surface area contributed by atoms with Gasteiger partial charge in [-0.05, 0) is 50.7 Å². The van der Waals surface area contributed by atoms with Gasteiger partial charge in [0.2, 0.25) is 0 Å². The summed E-state index contributed by atoms with van der Waals surface area (Å²) in [5, 5.41) is 3.71. The zero-order valence-electron chi connectivity index (χ0n) is 16.4. The first-order chi connectivity index (χ1) is 13.6. The smallest absolute Gasteiger partial charge is 0.255 e. The van der Waals surface area contributed by atoms with Crippen molar-refractivity contribution in [3.8, 4) is 5.75 Å². The maximum absolute atomic E-state index is 12.8. The van der Waals surface area contributed by atoms with Crippen molar-refractivity contribution in [2.24, 2.45) is 0 Å². The molecular formula is C22H27ClN2O3. The summed E-state index contributed by atoms with van der Waals surface area (Å²) in [7, 11) is 3.94. The molecule has 2 aromatic carbocycles. The second kappa shape index (κ2) is 9.92. The molecule has 3 rings (SSSR count). The molecule has 1 aliphatic rings. The molecule has 2 aromatic rings. The number of para-hydroxylation sites is 1. The SMILES string of the molecule is CN(C)C(CNC(=O)c1ccccc1OCC1CCCO1)c1ccccc1Cl. The van der Waals surface area contributed by atoms with Crippen LogP contribution in [0.3, 0.4) is 0 Å². The van der Waals surface area contributed by atoms with Gasteiger partial charge in [0.25, 0.3) is 5.91 Å². The maximum Gasteiger partial charge on any atom is 0.255 e. The molecule has 150 valence electrons. The quantitative estimate of drug-likeness (QED) is 0.726. The molecule has 0 radical (unpaired) electrons. The lowest BCUT2D eigenvalue weighted by atomic mass is 10.1. The van der Waals surface area contributed by atoms with Gasteiger partial charge in [0.15, 0.2) is 0 Å². The highest BCUT2D eigenvalue weighted by Crippen LogP contribution is 2.26. The molecular weight excluding hydrogens is 376 g/mol. The first-order valence-corrected chi connectivity index (χ1v) is 9.96. The van der Waals surface area contributed by atoms with Gasteiger partial charge in [-0.2, -0.15) is 0 Å². The number of hydrogen-bond acceptors (Lipinski definition) is 4. The first-order valence-electron chi connectivity index (χ1n) is 9.58. The van der Waals surface area contributed by atoms with Gasteiger partial charge >= 0.3 is 0 Å². The van der Waals surface area contributed by atoms with Crippen LogP contribution in [0.4, 0.5) is 0 Å². The molecule has 1 saturated heterocycles. The molecule has 0 saturated carbocycles. The lowest BCUT2D eigenvalue weighted by Crippen LogP contribution is -2.35. The van der Waals surface area contributed by atoms with Crippen molar-refractivity contribution in [3.63, 3.8) is 0 Å². The van der Waals surface area contributed by atoms with E-state index in [2.05, 4.69) is 5.32 Å². The van der Waals surface area contributed by atoms with Crippen LogP contribution in [0.2, 0.25) is 5.02 Å². The molecule has 1 aliphatic heterocycles. The monoisotopic (exact) mass is 402 g/mol. The van der Waals surface area contributed by atoms with Gasteiger partial charge in [-0.25, -0.2) is 0 Å². The van der Waals surface area contributed by atoms with E-state index in [1.165, 1.54) is 0 Å². The van der Waals surface area contributed by atoms with Crippen molar-refractivity contribution >= 4 is 17.5 Å². The summed E-state index contributed by atoms with van der Waals surface area (Å²) >= 11 is 6.35. The van der Waals surface area contributed by atoms with Crippen molar-refractivity contribution < 1.29 is 14.3 Å². The molecule has 1 heterocycles. The van der Waals surface area contributed by atoms with Gasteiger partial charge in [0, 0.05) is 18.2 Å². The molecule has 2 unspecified atom stereocenters. The minimum atomic E-state index is -0.165. The van der Waals surface area contributed by atoms with Gasteiger partial charge in [-0.15, -0.1) is 0 Å². The molecule has 6 heteroatoms. The van der Waals surface area contributed by atoms with Crippen LogP contribution in [-0.4, -0.2) is 50.8 Å². The van der Waals surface area contributed by atoms with Crippen molar-refractivity contribution in [1.29, 1.82) is 0 Å². The minimum Gasteiger partial charge on any atom is -0.490 e. The number of benzene rings is 2. The van der Waals surface area contributed by atoms with Crippen molar-refractivity contribution in [2.45, 2.75) is 25.0 Å². The fraction of sp³-hybridized carbons (Fsp3) is 0.409. The highest BCUT2D eigenvalue weighted by atomic mass is 35.5. The van der Waals surface area contributed by atoms with Crippen LogP contribution in [0.25, 0.3) is 0 Å². The lowest BCUT2D eigenvalue weighted by Gasteiger charge is -2.26. The fourth-order valence-corrected chi connectivity index (χ4v) is 3.60. The van der Waals surface area contributed by atoms with Gasteiger partial charge in [-0.3, -0.25) is 4.79 Å². The van der Waals surface area contributed by atoms with Gasteiger partial charge in [0.05, 0.1) is 17.7 Å². The fourth-order valence-electron chi connectivity index (χ4n) is 3.34. The van der Waals surface area contributed by atoms with E-state index < -0.39 is 0 Å². The summed E-state index contributed by atoms with van der Waals surface area (Å²) in [6.45, 7) is 1.68. The van der Waals surface area contributed by atoms with Gasteiger partial charge in [-0.1, -0.05) is 41.9 Å². The van der Waals surface area contributed by atoms with Crippen molar-refractivity contribution in [3.05, 3.63) is 64.7 Å². The Labute approximate surface area is 171 Å². The molecule has 5 nitrogen and oxygen atoms in total. The van der Waals surface area contributed by atoms with Crippen LogP contribution in [0, 0.1) is 0 Å². The summed E-state index contributed by atoms with van der Waals surface area (Å²) in [6.07, 6.45) is 2.16. The van der Waals surface area contributed by atoms with E-state index >= 15 is 0 Å². The highest BCUT2D eigenvalue weighted by molar-refractivity contribution is 6.31.